The van der Waals surface area contributed by atoms with Crippen molar-refractivity contribution in [2.75, 3.05) is 59.4 Å². The number of aromatic amines is 1. The number of likely N-dealkylation sites (N-methyl/N-ethyl adjacent to an activating group) is 1. The molecular weight excluding hydrogens is 647 g/mol. The van der Waals surface area contributed by atoms with Crippen LogP contribution in [0.3, 0.4) is 0 Å². The highest BCUT2D eigenvalue weighted by Crippen LogP contribution is 2.37. The summed E-state index contributed by atoms with van der Waals surface area (Å²) in [5, 5.41) is 0.898. The van der Waals surface area contributed by atoms with Crippen LogP contribution in [-0.2, 0) is 23.6 Å². The molecule has 0 aliphatic carbocycles. The second kappa shape index (κ2) is 14.6. The monoisotopic (exact) mass is 681 g/mol. The predicted molar refractivity (Wildman–Crippen MR) is 163 cm³/mol. The lowest BCUT2D eigenvalue weighted by molar-refractivity contribution is -0.143. The van der Waals surface area contributed by atoms with Crippen molar-refractivity contribution < 1.29 is 35.9 Å². The van der Waals surface area contributed by atoms with E-state index < -0.39 is 41.0 Å². The molecule has 1 N–H and O–H groups in total. The Hall–Kier alpha value is -3.00. The highest BCUT2D eigenvalue weighted by molar-refractivity contribution is 5.95. The zero-order valence-electron chi connectivity index (χ0n) is 24.5. The number of alkyl halides is 6. The molecule has 2 aliphatic heterocycles. The summed E-state index contributed by atoms with van der Waals surface area (Å²) >= 11 is 0. The number of benzene rings is 2. The van der Waals surface area contributed by atoms with Gasteiger partial charge in [0.15, 0.2) is 0 Å². The van der Waals surface area contributed by atoms with E-state index in [4.69, 9.17) is 0 Å². The largest absolute Gasteiger partial charge is 0.416 e. The summed E-state index contributed by atoms with van der Waals surface area (Å²) in [5.74, 6) is -0.961. The summed E-state index contributed by atoms with van der Waals surface area (Å²) in [6.45, 7) is 3.52. The maximum Gasteiger partial charge on any atom is 0.416 e. The van der Waals surface area contributed by atoms with Crippen LogP contribution in [0.1, 0.15) is 33.5 Å². The van der Waals surface area contributed by atoms with Crippen LogP contribution in [0.5, 0.6) is 0 Å². The molecule has 0 bridgehead atoms. The minimum atomic E-state index is -5.07. The van der Waals surface area contributed by atoms with Gasteiger partial charge in [-0.3, -0.25) is 14.5 Å². The van der Waals surface area contributed by atoms with Gasteiger partial charge in [0.1, 0.15) is 0 Å². The number of halogens is 8. The number of aromatic nitrogens is 1. The molecule has 2 aromatic carbocycles. The van der Waals surface area contributed by atoms with Crippen LogP contribution in [0.15, 0.2) is 48.7 Å². The number of hydrogen-bond donors (Lipinski definition) is 1. The van der Waals surface area contributed by atoms with Crippen LogP contribution in [0.4, 0.5) is 26.3 Å². The van der Waals surface area contributed by atoms with Gasteiger partial charge in [0.2, 0.25) is 5.91 Å². The van der Waals surface area contributed by atoms with Gasteiger partial charge in [-0.2, -0.15) is 26.3 Å². The number of nitrogens with zero attached hydrogens (tertiary/aromatic N) is 4. The molecule has 1 aromatic heterocycles. The number of piperazine rings is 1. The van der Waals surface area contributed by atoms with Gasteiger partial charge < -0.3 is 19.7 Å². The van der Waals surface area contributed by atoms with Gasteiger partial charge >= 0.3 is 12.4 Å². The van der Waals surface area contributed by atoms with E-state index in [2.05, 4.69) is 9.88 Å². The number of fused-ring (bicyclic) bond motifs is 1. The molecule has 248 valence electrons. The average Bonchev–Trinajstić information content (AvgIpc) is 3.22. The Labute approximate surface area is 269 Å². The second-order valence-corrected chi connectivity index (χ2v) is 11.3. The van der Waals surface area contributed by atoms with Crippen LogP contribution < -0.4 is 0 Å². The lowest BCUT2D eigenvalue weighted by Crippen LogP contribution is -2.57. The fourth-order valence-corrected chi connectivity index (χ4v) is 5.89. The Morgan fingerprint density at radius 1 is 0.867 bits per heavy atom. The number of H-pyrrole nitrogens is 1. The van der Waals surface area contributed by atoms with E-state index in [-0.39, 0.29) is 63.0 Å². The molecule has 7 nitrogen and oxygen atoms in total. The quantitative estimate of drug-likeness (QED) is 0.357. The van der Waals surface area contributed by atoms with Gasteiger partial charge in [0.25, 0.3) is 5.91 Å². The topological polar surface area (TPSA) is 62.9 Å². The molecule has 1 atom stereocenters. The van der Waals surface area contributed by atoms with Crippen LogP contribution in [0, 0.1) is 0 Å². The molecular formula is C30H35Cl2F6N5O2. The van der Waals surface area contributed by atoms with Gasteiger partial charge in [-0.1, -0.05) is 18.2 Å². The van der Waals surface area contributed by atoms with Gasteiger partial charge in [0, 0.05) is 68.0 Å². The minimum absolute atomic E-state index is 0. The number of nitrogens with one attached hydrogen (secondary N) is 1. The summed E-state index contributed by atoms with van der Waals surface area (Å²) in [6, 6.07) is 7.87. The van der Waals surface area contributed by atoms with Crippen molar-refractivity contribution in [2.24, 2.45) is 0 Å². The Bertz CT molecular complexity index is 1450. The van der Waals surface area contributed by atoms with E-state index in [0.717, 1.165) is 36.0 Å². The Morgan fingerprint density at radius 3 is 2.20 bits per heavy atom. The van der Waals surface area contributed by atoms with Gasteiger partial charge in [-0.25, -0.2) is 0 Å². The van der Waals surface area contributed by atoms with Gasteiger partial charge in [-0.05, 0) is 56.3 Å². The van der Waals surface area contributed by atoms with Crippen molar-refractivity contribution in [1.29, 1.82) is 0 Å². The highest BCUT2D eigenvalue weighted by atomic mass is 35.5. The number of carbonyl (C=O) groups excluding carboxylic acids is 2. The Balaban J connectivity index is 0.00000276. The van der Waals surface area contributed by atoms with Crippen molar-refractivity contribution in [3.05, 3.63) is 70.9 Å². The van der Waals surface area contributed by atoms with Crippen molar-refractivity contribution in [3.63, 3.8) is 0 Å². The molecule has 3 aromatic rings. The summed E-state index contributed by atoms with van der Waals surface area (Å²) in [7, 11) is 2.00. The summed E-state index contributed by atoms with van der Waals surface area (Å²) < 4.78 is 81.3. The van der Waals surface area contributed by atoms with Crippen molar-refractivity contribution in [2.45, 2.75) is 31.2 Å². The first-order valence-electron chi connectivity index (χ1n) is 14.1. The number of carbonyl (C=O) groups is 2. The zero-order chi connectivity index (χ0) is 30.9. The molecule has 15 heteroatoms. The van der Waals surface area contributed by atoms with Crippen LogP contribution in [-0.4, -0.2) is 102 Å². The predicted octanol–water partition coefficient (Wildman–Crippen LogP) is 5.58. The highest BCUT2D eigenvalue weighted by Gasteiger charge is 2.39. The number of rotatable bonds is 5. The standard InChI is InChI=1S/C30H33F6N5O2.2ClH/c1-38-7-4-8-40(11-9-38)27(42)19-39-10-12-41(24(18-39)15-21-17-37-26-6-3-2-5-25(21)26)28(43)20-13-22(29(31,32)33)16-23(14-20)30(34,35)36;;/h2-3,5-6,13-14,16-17,24,37H,4,7-12,15,18-19H2,1H3;2*1H. The van der Waals surface area contributed by atoms with E-state index in [1.165, 1.54) is 4.90 Å². The number of hydrogen-bond acceptors (Lipinski definition) is 4. The SMILES string of the molecule is CN1CCCN(C(=O)CN2CCN(C(=O)c3cc(C(F)(F)F)cc(C(F)(F)F)c3)C(Cc3c[nH]c4ccccc34)C2)CC1.Cl.Cl. The molecule has 1 unspecified atom stereocenters. The lowest BCUT2D eigenvalue weighted by atomic mass is 9.98. The Morgan fingerprint density at radius 2 is 1.53 bits per heavy atom. The first-order valence-corrected chi connectivity index (χ1v) is 14.1. The van der Waals surface area contributed by atoms with Crippen LogP contribution in [0.25, 0.3) is 10.9 Å². The molecule has 2 fully saturated rings. The average molecular weight is 683 g/mol. The molecule has 2 amide bonds. The van der Waals surface area contributed by atoms with Gasteiger partial charge in [0.05, 0.1) is 17.7 Å². The van der Waals surface area contributed by atoms with Gasteiger partial charge in [-0.15, -0.1) is 24.8 Å². The zero-order valence-corrected chi connectivity index (χ0v) is 26.1. The fraction of sp³-hybridized carbons (Fsp3) is 0.467. The fourth-order valence-electron chi connectivity index (χ4n) is 5.89. The normalized spacial score (nSPS) is 18.7. The van der Waals surface area contributed by atoms with Crippen molar-refractivity contribution in [3.8, 4) is 0 Å². The summed E-state index contributed by atoms with van der Waals surface area (Å²) in [5.41, 5.74) is -2.04. The third-order valence-electron chi connectivity index (χ3n) is 8.22. The van der Waals surface area contributed by atoms with E-state index in [0.29, 0.717) is 31.6 Å². The molecule has 0 saturated carbocycles. The first kappa shape index (κ1) is 36.5. The summed E-state index contributed by atoms with van der Waals surface area (Å²) in [4.78, 5) is 37.3. The third-order valence-corrected chi connectivity index (χ3v) is 8.22. The molecule has 2 saturated heterocycles. The number of para-hydroxylation sites is 1. The van der Waals surface area contributed by atoms with E-state index in [1.807, 2.05) is 41.1 Å². The maximum atomic E-state index is 13.7. The van der Waals surface area contributed by atoms with Crippen LogP contribution in [0.2, 0.25) is 0 Å². The molecule has 3 heterocycles. The second-order valence-electron chi connectivity index (χ2n) is 11.3. The first-order chi connectivity index (χ1) is 20.3. The maximum absolute atomic E-state index is 13.7. The molecule has 2 aliphatic rings. The van der Waals surface area contributed by atoms with E-state index in [1.54, 1.807) is 6.20 Å². The smallest absolute Gasteiger partial charge is 0.361 e. The van der Waals surface area contributed by atoms with E-state index >= 15 is 0 Å². The van der Waals surface area contributed by atoms with Crippen LogP contribution >= 0.6 is 24.8 Å². The van der Waals surface area contributed by atoms with Crippen molar-refractivity contribution >= 4 is 47.5 Å². The number of amides is 2. The molecule has 0 spiro atoms. The summed E-state index contributed by atoms with van der Waals surface area (Å²) in [6.07, 6.45) is -7.20. The lowest BCUT2D eigenvalue weighted by Gasteiger charge is -2.42. The van der Waals surface area contributed by atoms with E-state index in [9.17, 15) is 35.9 Å². The Kier molecular flexibility index (Phi) is 11.8. The molecule has 0 radical (unpaired) electrons. The van der Waals surface area contributed by atoms with Crippen molar-refractivity contribution in [1.82, 2.24) is 24.6 Å². The minimum Gasteiger partial charge on any atom is -0.361 e. The molecule has 5 rings (SSSR count). The molecule has 45 heavy (non-hydrogen) atoms. The third kappa shape index (κ3) is 8.63.